The molecule has 0 saturated heterocycles. The van der Waals surface area contributed by atoms with Crippen molar-refractivity contribution < 1.29 is 9.53 Å². The predicted octanol–water partition coefficient (Wildman–Crippen LogP) is 3.24. The Hall–Kier alpha value is -2.11. The highest BCUT2D eigenvalue weighted by atomic mass is 35.5. The summed E-state index contributed by atoms with van der Waals surface area (Å²) in [5.74, 6) is 0.424. The van der Waals surface area contributed by atoms with Gasteiger partial charge in [-0.05, 0) is 42.5 Å². The van der Waals surface area contributed by atoms with Gasteiger partial charge in [0.05, 0.1) is 17.8 Å². The maximum Gasteiger partial charge on any atom is 0.255 e. The number of halogens is 1. The van der Waals surface area contributed by atoms with E-state index in [4.69, 9.17) is 34.3 Å². The van der Waals surface area contributed by atoms with Crippen LogP contribution >= 0.6 is 23.8 Å². The summed E-state index contributed by atoms with van der Waals surface area (Å²) in [5, 5.41) is 3.11. The lowest BCUT2D eigenvalue weighted by Crippen LogP contribution is -2.13. The van der Waals surface area contributed by atoms with Gasteiger partial charge < -0.3 is 15.8 Å². The first-order valence-electron chi connectivity index (χ1n) is 6.06. The molecule has 2 rings (SSSR count). The zero-order valence-electron chi connectivity index (χ0n) is 11.2. The average Bonchev–Trinajstić information content (AvgIpc) is 2.49. The van der Waals surface area contributed by atoms with Crippen LogP contribution in [0.1, 0.15) is 15.9 Å². The summed E-state index contributed by atoms with van der Waals surface area (Å²) >= 11 is 11.0. The van der Waals surface area contributed by atoms with Crippen LogP contribution in [0.25, 0.3) is 0 Å². The van der Waals surface area contributed by atoms with Crippen molar-refractivity contribution in [2.45, 2.75) is 0 Å². The Labute approximate surface area is 132 Å². The minimum Gasteiger partial charge on any atom is -0.497 e. The van der Waals surface area contributed by atoms with Crippen LogP contribution in [0.5, 0.6) is 5.75 Å². The number of nitrogens with two attached hydrogens (primary N) is 1. The van der Waals surface area contributed by atoms with Crippen molar-refractivity contribution in [2.24, 2.45) is 5.73 Å². The summed E-state index contributed by atoms with van der Waals surface area (Å²) in [6, 6.07) is 11.8. The number of anilines is 1. The minimum atomic E-state index is -0.261. The van der Waals surface area contributed by atoms with Crippen LogP contribution in [0, 0.1) is 0 Å². The summed E-state index contributed by atoms with van der Waals surface area (Å²) < 4.78 is 5.05. The SMILES string of the molecule is COc1ccc(C(=O)Nc2ccc(C(N)=S)cc2Cl)cc1. The standard InChI is InChI=1S/C15H13ClN2O2S/c1-20-11-5-2-9(3-6-11)15(19)18-13-7-4-10(14(17)21)8-12(13)16/h2-8H,1H3,(H2,17,21)(H,18,19). The third-order valence-corrected chi connectivity index (χ3v) is 3.40. The monoisotopic (exact) mass is 320 g/mol. The number of methoxy groups -OCH3 is 1. The first-order chi connectivity index (χ1) is 10.0. The van der Waals surface area contributed by atoms with E-state index in [1.165, 1.54) is 0 Å². The molecule has 21 heavy (non-hydrogen) atoms. The zero-order chi connectivity index (χ0) is 15.4. The molecule has 0 aliphatic carbocycles. The third kappa shape index (κ3) is 3.71. The molecule has 0 saturated carbocycles. The van der Waals surface area contributed by atoms with Crippen molar-refractivity contribution in [3.8, 4) is 5.75 Å². The molecule has 108 valence electrons. The number of rotatable bonds is 4. The molecule has 0 spiro atoms. The van der Waals surface area contributed by atoms with Crippen LogP contribution in [0.3, 0.4) is 0 Å². The summed E-state index contributed by atoms with van der Waals surface area (Å²) in [5.41, 5.74) is 7.18. The molecule has 0 fully saturated rings. The number of thiocarbonyl (C=S) groups is 1. The fourth-order valence-electron chi connectivity index (χ4n) is 1.71. The van der Waals surface area contributed by atoms with Crippen molar-refractivity contribution in [3.05, 3.63) is 58.6 Å². The number of carbonyl (C=O) groups is 1. The number of carbonyl (C=O) groups excluding carboxylic acids is 1. The number of amides is 1. The predicted molar refractivity (Wildman–Crippen MR) is 88.3 cm³/mol. The second-order valence-electron chi connectivity index (χ2n) is 4.24. The van der Waals surface area contributed by atoms with Gasteiger partial charge in [-0.3, -0.25) is 4.79 Å². The number of hydrogen-bond acceptors (Lipinski definition) is 3. The lowest BCUT2D eigenvalue weighted by atomic mass is 10.1. The lowest BCUT2D eigenvalue weighted by molar-refractivity contribution is 0.102. The van der Waals surface area contributed by atoms with Gasteiger partial charge in [0.15, 0.2) is 0 Å². The summed E-state index contributed by atoms with van der Waals surface area (Å²) in [6.45, 7) is 0. The van der Waals surface area contributed by atoms with E-state index in [9.17, 15) is 4.79 Å². The molecule has 0 aliphatic rings. The zero-order valence-corrected chi connectivity index (χ0v) is 12.8. The molecule has 0 aromatic heterocycles. The van der Waals surface area contributed by atoms with Crippen LogP contribution in [0.15, 0.2) is 42.5 Å². The van der Waals surface area contributed by atoms with Crippen LogP contribution in [0.2, 0.25) is 5.02 Å². The molecule has 0 heterocycles. The van der Waals surface area contributed by atoms with Gasteiger partial charge in [0.25, 0.3) is 5.91 Å². The van der Waals surface area contributed by atoms with Crippen LogP contribution in [-0.4, -0.2) is 18.0 Å². The molecule has 2 aromatic carbocycles. The fourth-order valence-corrected chi connectivity index (χ4v) is 2.06. The first kappa shape index (κ1) is 15.3. The first-order valence-corrected chi connectivity index (χ1v) is 6.84. The Bertz CT molecular complexity index is 687. The van der Waals surface area contributed by atoms with Crippen molar-refractivity contribution >= 4 is 40.4 Å². The molecule has 0 aliphatic heterocycles. The Morgan fingerprint density at radius 2 is 1.81 bits per heavy atom. The van der Waals surface area contributed by atoms with Gasteiger partial charge in [0, 0.05) is 11.1 Å². The molecule has 0 unspecified atom stereocenters. The quantitative estimate of drug-likeness (QED) is 0.849. The topological polar surface area (TPSA) is 64.3 Å². The normalized spacial score (nSPS) is 10.0. The van der Waals surface area contributed by atoms with Gasteiger partial charge in [-0.25, -0.2) is 0 Å². The number of benzene rings is 2. The van der Waals surface area contributed by atoms with Gasteiger partial charge in [0.1, 0.15) is 10.7 Å². The molecule has 4 nitrogen and oxygen atoms in total. The highest BCUT2D eigenvalue weighted by molar-refractivity contribution is 7.80. The summed E-state index contributed by atoms with van der Waals surface area (Å²) in [4.78, 5) is 12.4. The van der Waals surface area contributed by atoms with E-state index in [0.29, 0.717) is 27.6 Å². The molecular formula is C15H13ClN2O2S. The molecular weight excluding hydrogens is 308 g/mol. The highest BCUT2D eigenvalue weighted by Gasteiger charge is 2.09. The molecule has 3 N–H and O–H groups in total. The van der Waals surface area contributed by atoms with Crippen LogP contribution < -0.4 is 15.8 Å². The largest absolute Gasteiger partial charge is 0.497 e. The van der Waals surface area contributed by atoms with E-state index in [-0.39, 0.29) is 10.9 Å². The van der Waals surface area contributed by atoms with Gasteiger partial charge in [-0.1, -0.05) is 23.8 Å². The second-order valence-corrected chi connectivity index (χ2v) is 5.09. The second kappa shape index (κ2) is 6.56. The number of ether oxygens (including phenoxy) is 1. The van der Waals surface area contributed by atoms with E-state index in [2.05, 4.69) is 5.32 Å². The molecule has 2 aromatic rings. The van der Waals surface area contributed by atoms with Gasteiger partial charge in [0.2, 0.25) is 0 Å². The molecule has 0 atom stereocenters. The summed E-state index contributed by atoms with van der Waals surface area (Å²) in [7, 11) is 1.57. The van der Waals surface area contributed by atoms with E-state index in [1.807, 2.05) is 0 Å². The Balaban J connectivity index is 2.17. The van der Waals surface area contributed by atoms with Gasteiger partial charge in [-0.15, -0.1) is 0 Å². The van der Waals surface area contributed by atoms with Crippen molar-refractivity contribution in [3.63, 3.8) is 0 Å². The summed E-state index contributed by atoms with van der Waals surface area (Å²) in [6.07, 6.45) is 0. The lowest BCUT2D eigenvalue weighted by Gasteiger charge is -2.09. The van der Waals surface area contributed by atoms with Crippen LogP contribution in [-0.2, 0) is 0 Å². The number of hydrogen-bond donors (Lipinski definition) is 2. The Kier molecular flexibility index (Phi) is 4.77. The maximum absolute atomic E-state index is 12.1. The van der Waals surface area contributed by atoms with Crippen molar-refractivity contribution in [1.82, 2.24) is 0 Å². The third-order valence-electron chi connectivity index (χ3n) is 2.85. The molecule has 0 radical (unpaired) electrons. The minimum absolute atomic E-state index is 0.255. The van der Waals surface area contributed by atoms with Gasteiger partial charge >= 0.3 is 0 Å². The van der Waals surface area contributed by atoms with Gasteiger partial charge in [-0.2, -0.15) is 0 Å². The number of nitrogens with one attached hydrogen (secondary N) is 1. The Morgan fingerprint density at radius 1 is 1.19 bits per heavy atom. The highest BCUT2D eigenvalue weighted by Crippen LogP contribution is 2.24. The average molecular weight is 321 g/mol. The smallest absolute Gasteiger partial charge is 0.255 e. The molecule has 1 amide bonds. The van der Waals surface area contributed by atoms with Crippen molar-refractivity contribution in [2.75, 3.05) is 12.4 Å². The van der Waals surface area contributed by atoms with E-state index >= 15 is 0 Å². The van der Waals surface area contributed by atoms with E-state index in [0.717, 1.165) is 0 Å². The molecule has 0 bridgehead atoms. The van der Waals surface area contributed by atoms with E-state index in [1.54, 1.807) is 49.6 Å². The Morgan fingerprint density at radius 3 is 2.33 bits per heavy atom. The fraction of sp³-hybridized carbons (Fsp3) is 0.0667. The van der Waals surface area contributed by atoms with Crippen molar-refractivity contribution in [1.29, 1.82) is 0 Å². The maximum atomic E-state index is 12.1. The van der Waals surface area contributed by atoms with Crippen LogP contribution in [0.4, 0.5) is 5.69 Å². The van der Waals surface area contributed by atoms with E-state index < -0.39 is 0 Å². The molecule has 6 heteroatoms.